The highest BCUT2D eigenvalue weighted by Crippen LogP contribution is 2.33. The molecule has 2 heterocycles. The number of imidazole rings is 1. The Hall–Kier alpha value is -3.96. The number of nitrogens with one attached hydrogen (secondary N) is 2. The zero-order chi connectivity index (χ0) is 22.7. The first kappa shape index (κ1) is 21.3. The van der Waals surface area contributed by atoms with Crippen molar-refractivity contribution in [1.29, 1.82) is 5.26 Å². The fraction of sp³-hybridized carbons (Fsp3) is 0.250. The highest BCUT2D eigenvalue weighted by Gasteiger charge is 2.19. The van der Waals surface area contributed by atoms with E-state index in [0.29, 0.717) is 23.6 Å². The molecule has 32 heavy (non-hydrogen) atoms. The van der Waals surface area contributed by atoms with Crippen LogP contribution in [0.4, 0.5) is 5.69 Å². The van der Waals surface area contributed by atoms with Gasteiger partial charge in [0.15, 0.2) is 5.82 Å². The van der Waals surface area contributed by atoms with Gasteiger partial charge in [-0.15, -0.1) is 0 Å². The minimum absolute atomic E-state index is 0.293. The van der Waals surface area contributed by atoms with E-state index < -0.39 is 0 Å². The van der Waals surface area contributed by atoms with Crippen LogP contribution in [-0.2, 0) is 20.6 Å². The largest absolute Gasteiger partial charge is 0.326 e. The van der Waals surface area contributed by atoms with Crippen molar-refractivity contribution >= 4 is 22.5 Å². The van der Waals surface area contributed by atoms with E-state index in [1.165, 1.54) is 0 Å². The first-order valence-electron chi connectivity index (χ1n) is 10.5. The van der Waals surface area contributed by atoms with Crippen molar-refractivity contribution in [2.75, 3.05) is 11.9 Å². The van der Waals surface area contributed by atoms with Crippen LogP contribution in [0, 0.1) is 11.3 Å². The molecule has 0 aliphatic rings. The molecule has 0 saturated heterocycles. The average molecular weight is 428 g/mol. The number of hydrogen-bond acceptors (Lipinski definition) is 5. The van der Waals surface area contributed by atoms with Crippen molar-refractivity contribution in [3.63, 3.8) is 0 Å². The van der Waals surface area contributed by atoms with Gasteiger partial charge in [-0.25, -0.2) is 4.98 Å². The number of carbonyl (C=O) groups excluding carboxylic acids is 1. The summed E-state index contributed by atoms with van der Waals surface area (Å²) in [5.74, 6) is -0.0653. The van der Waals surface area contributed by atoms with E-state index in [9.17, 15) is 10.1 Å². The molecule has 8 heteroatoms. The van der Waals surface area contributed by atoms with Crippen LogP contribution in [-0.4, -0.2) is 31.8 Å². The molecule has 0 bridgehead atoms. The van der Waals surface area contributed by atoms with E-state index in [2.05, 4.69) is 33.7 Å². The van der Waals surface area contributed by atoms with Gasteiger partial charge in [0, 0.05) is 31.6 Å². The van der Waals surface area contributed by atoms with Gasteiger partial charge in [0.25, 0.3) is 5.91 Å². The molecule has 1 amide bonds. The van der Waals surface area contributed by atoms with Gasteiger partial charge in [-0.05, 0) is 30.7 Å². The second-order valence-corrected chi connectivity index (χ2v) is 7.61. The van der Waals surface area contributed by atoms with Crippen molar-refractivity contribution in [2.45, 2.75) is 19.9 Å². The summed E-state index contributed by atoms with van der Waals surface area (Å²) in [5.41, 5.74) is 4.37. The third-order valence-corrected chi connectivity index (χ3v) is 5.53. The Morgan fingerprint density at radius 2 is 1.91 bits per heavy atom. The van der Waals surface area contributed by atoms with E-state index >= 15 is 0 Å². The number of nitrogens with zero attached hydrogens (tertiary/aromatic N) is 5. The number of aromatic nitrogens is 4. The third kappa shape index (κ3) is 3.86. The Bertz CT molecular complexity index is 1330. The summed E-state index contributed by atoms with van der Waals surface area (Å²) in [4.78, 5) is 17.3. The maximum atomic E-state index is 13.0. The van der Waals surface area contributed by atoms with Crippen molar-refractivity contribution < 1.29 is 4.79 Å². The van der Waals surface area contributed by atoms with Gasteiger partial charge >= 0.3 is 0 Å². The Morgan fingerprint density at radius 3 is 2.69 bits per heavy atom. The fourth-order valence-electron chi connectivity index (χ4n) is 3.81. The molecule has 0 saturated carbocycles. The molecule has 0 atom stereocenters. The number of aryl methyl sites for hydroxylation is 1. The molecule has 0 aliphatic heterocycles. The van der Waals surface area contributed by atoms with Crippen LogP contribution in [0.15, 0.2) is 48.8 Å². The van der Waals surface area contributed by atoms with Crippen molar-refractivity contribution in [3.05, 3.63) is 65.9 Å². The Labute approximate surface area is 186 Å². The van der Waals surface area contributed by atoms with E-state index in [4.69, 9.17) is 0 Å². The third-order valence-electron chi connectivity index (χ3n) is 5.53. The number of amides is 1. The van der Waals surface area contributed by atoms with Crippen molar-refractivity contribution in [3.8, 4) is 17.2 Å². The lowest BCUT2D eigenvalue weighted by Crippen LogP contribution is -2.20. The lowest BCUT2D eigenvalue weighted by molar-refractivity contribution is 0.101. The SMILES string of the molecule is CCCNCc1cnc(C(=O)Nc2cccc(-c3cccc4c3cnn4C)c2C#N)n1C. The maximum absolute atomic E-state index is 13.0. The lowest BCUT2D eigenvalue weighted by atomic mass is 9.96. The van der Waals surface area contributed by atoms with Crippen molar-refractivity contribution in [2.24, 2.45) is 14.1 Å². The van der Waals surface area contributed by atoms with Crippen LogP contribution in [0.3, 0.4) is 0 Å². The summed E-state index contributed by atoms with van der Waals surface area (Å²) in [7, 11) is 3.70. The fourth-order valence-corrected chi connectivity index (χ4v) is 3.81. The first-order chi connectivity index (χ1) is 15.5. The van der Waals surface area contributed by atoms with Gasteiger partial charge in [0.1, 0.15) is 6.07 Å². The summed E-state index contributed by atoms with van der Waals surface area (Å²) in [5, 5.41) is 21.4. The smallest absolute Gasteiger partial charge is 0.291 e. The van der Waals surface area contributed by atoms with Crippen LogP contribution >= 0.6 is 0 Å². The number of carbonyl (C=O) groups is 1. The predicted octanol–water partition coefficient (Wildman–Crippen LogP) is 3.60. The second-order valence-electron chi connectivity index (χ2n) is 7.61. The van der Waals surface area contributed by atoms with Crippen LogP contribution < -0.4 is 10.6 Å². The van der Waals surface area contributed by atoms with E-state index in [1.54, 1.807) is 27.7 Å². The topological polar surface area (TPSA) is 101 Å². The number of fused-ring (bicyclic) bond motifs is 1. The highest BCUT2D eigenvalue weighted by molar-refractivity contribution is 6.04. The number of nitriles is 1. The molecule has 2 aromatic carbocycles. The molecule has 2 aromatic heterocycles. The summed E-state index contributed by atoms with van der Waals surface area (Å²) < 4.78 is 3.56. The minimum atomic E-state index is -0.359. The van der Waals surface area contributed by atoms with Gasteiger partial charge < -0.3 is 15.2 Å². The zero-order valence-electron chi connectivity index (χ0n) is 18.4. The van der Waals surface area contributed by atoms with Gasteiger partial charge in [-0.1, -0.05) is 31.2 Å². The summed E-state index contributed by atoms with van der Waals surface area (Å²) in [6, 6.07) is 13.6. The molecule has 2 N–H and O–H groups in total. The molecule has 8 nitrogen and oxygen atoms in total. The zero-order valence-corrected chi connectivity index (χ0v) is 18.4. The lowest BCUT2D eigenvalue weighted by Gasteiger charge is -2.12. The second kappa shape index (κ2) is 9.04. The van der Waals surface area contributed by atoms with Crippen LogP contribution in [0.1, 0.15) is 35.2 Å². The van der Waals surface area contributed by atoms with Crippen LogP contribution in [0.2, 0.25) is 0 Å². The van der Waals surface area contributed by atoms with Crippen LogP contribution in [0.25, 0.3) is 22.0 Å². The molecular weight excluding hydrogens is 402 g/mol. The number of rotatable bonds is 7. The number of hydrogen-bond donors (Lipinski definition) is 2. The predicted molar refractivity (Wildman–Crippen MR) is 124 cm³/mol. The summed E-state index contributed by atoms with van der Waals surface area (Å²) in [6.45, 7) is 3.64. The Balaban J connectivity index is 1.66. The summed E-state index contributed by atoms with van der Waals surface area (Å²) >= 11 is 0. The van der Waals surface area contributed by atoms with E-state index in [1.807, 2.05) is 44.4 Å². The molecule has 0 unspecified atom stereocenters. The quantitative estimate of drug-likeness (QED) is 0.439. The number of benzene rings is 2. The first-order valence-corrected chi connectivity index (χ1v) is 10.5. The average Bonchev–Trinajstić information content (AvgIpc) is 3.36. The molecule has 4 aromatic rings. The van der Waals surface area contributed by atoms with Gasteiger partial charge in [0.05, 0.1) is 34.9 Å². The van der Waals surface area contributed by atoms with Crippen molar-refractivity contribution in [1.82, 2.24) is 24.6 Å². The Kier molecular flexibility index (Phi) is 6.01. The maximum Gasteiger partial charge on any atom is 0.291 e. The standard InChI is InChI=1S/C24H25N7O/c1-4-11-26-13-16-14-27-23(30(16)2)24(32)29-21-9-5-7-17(19(21)12-25)18-8-6-10-22-20(18)15-28-31(22)3/h5-10,14-15,26H,4,11,13H2,1-3H3,(H,29,32). The van der Waals surface area contributed by atoms with E-state index in [-0.39, 0.29) is 5.91 Å². The van der Waals surface area contributed by atoms with Gasteiger partial charge in [-0.2, -0.15) is 10.4 Å². The monoisotopic (exact) mass is 427 g/mol. The molecule has 0 fully saturated rings. The summed E-state index contributed by atoms with van der Waals surface area (Å²) in [6.07, 6.45) is 4.52. The number of anilines is 1. The highest BCUT2D eigenvalue weighted by atomic mass is 16.2. The molecule has 162 valence electrons. The molecule has 4 rings (SSSR count). The van der Waals surface area contributed by atoms with Gasteiger partial charge in [0.2, 0.25) is 0 Å². The molecule has 0 aliphatic carbocycles. The molecule has 0 spiro atoms. The van der Waals surface area contributed by atoms with Crippen LogP contribution in [0.5, 0.6) is 0 Å². The van der Waals surface area contributed by atoms with Gasteiger partial charge in [-0.3, -0.25) is 9.48 Å². The Morgan fingerprint density at radius 1 is 1.12 bits per heavy atom. The van der Waals surface area contributed by atoms with E-state index in [0.717, 1.165) is 40.7 Å². The minimum Gasteiger partial charge on any atom is -0.326 e. The normalized spacial score (nSPS) is 10.9. The molecule has 0 radical (unpaired) electrons. The molecular formula is C24H25N7O.